The Labute approximate surface area is 184 Å². The van der Waals surface area contributed by atoms with E-state index in [0.29, 0.717) is 11.8 Å². The van der Waals surface area contributed by atoms with E-state index in [2.05, 4.69) is 5.10 Å². The van der Waals surface area contributed by atoms with E-state index >= 15 is 0 Å². The van der Waals surface area contributed by atoms with E-state index in [1.165, 1.54) is 0 Å². The summed E-state index contributed by atoms with van der Waals surface area (Å²) in [6.45, 7) is 4.00. The molecule has 1 saturated heterocycles. The summed E-state index contributed by atoms with van der Waals surface area (Å²) >= 11 is 0.643. The SMILES string of the molecule is CC(=O)OC[C@@H]1O[C@@H](Sc2n[nH]c(=O)[nH]c2=O)[C@@H](OC(C)=O)[C@@H](OC(C)=O)[C@@H]1OC(C)=O. The molecule has 0 unspecified atom stereocenters. The highest BCUT2D eigenvalue weighted by Gasteiger charge is 2.52. The van der Waals surface area contributed by atoms with Gasteiger partial charge in [-0.25, -0.2) is 9.89 Å². The number of hydrogen-bond acceptors (Lipinski definition) is 13. The fraction of sp³-hybridized carbons (Fsp3) is 0.588. The average Bonchev–Trinajstić information content (AvgIpc) is 2.65. The highest BCUT2D eigenvalue weighted by molar-refractivity contribution is 7.99. The lowest BCUT2D eigenvalue weighted by Crippen LogP contribution is -2.61. The van der Waals surface area contributed by atoms with Gasteiger partial charge in [-0.2, -0.15) is 5.10 Å². The summed E-state index contributed by atoms with van der Waals surface area (Å²) in [5, 5.41) is 5.41. The molecule has 1 aliphatic heterocycles. The van der Waals surface area contributed by atoms with Gasteiger partial charge in [-0.05, 0) is 0 Å². The van der Waals surface area contributed by atoms with Crippen LogP contribution >= 0.6 is 11.8 Å². The molecule has 1 aliphatic rings. The van der Waals surface area contributed by atoms with Gasteiger partial charge < -0.3 is 23.7 Å². The number of rotatable bonds is 7. The van der Waals surface area contributed by atoms with Crippen molar-refractivity contribution in [3.8, 4) is 0 Å². The van der Waals surface area contributed by atoms with Gasteiger partial charge in [0.1, 0.15) is 12.7 Å². The van der Waals surface area contributed by atoms with Gasteiger partial charge in [0.15, 0.2) is 28.8 Å². The van der Waals surface area contributed by atoms with Crippen molar-refractivity contribution in [2.75, 3.05) is 6.61 Å². The zero-order valence-corrected chi connectivity index (χ0v) is 18.3. The van der Waals surface area contributed by atoms with Crippen molar-refractivity contribution in [1.29, 1.82) is 0 Å². The average molecular weight is 475 g/mol. The maximum absolute atomic E-state index is 12.1. The Kier molecular flexibility index (Phi) is 8.54. The molecule has 2 heterocycles. The Morgan fingerprint density at radius 1 is 0.906 bits per heavy atom. The highest BCUT2D eigenvalue weighted by atomic mass is 32.2. The third-order valence-corrected chi connectivity index (χ3v) is 4.97. The quantitative estimate of drug-likeness (QED) is 0.347. The van der Waals surface area contributed by atoms with Crippen molar-refractivity contribution < 1.29 is 42.9 Å². The Morgan fingerprint density at radius 2 is 1.47 bits per heavy atom. The number of esters is 4. The predicted molar refractivity (Wildman–Crippen MR) is 103 cm³/mol. The first-order chi connectivity index (χ1) is 15.0. The molecular formula is C17H21N3O11S. The summed E-state index contributed by atoms with van der Waals surface area (Å²) in [5.74, 6) is -3.01. The molecule has 2 rings (SSSR count). The third kappa shape index (κ3) is 6.91. The number of ether oxygens (including phenoxy) is 5. The monoisotopic (exact) mass is 475 g/mol. The molecule has 5 atom stereocenters. The first kappa shape index (κ1) is 25.1. The minimum Gasteiger partial charge on any atom is -0.463 e. The molecule has 0 radical (unpaired) electrons. The van der Waals surface area contributed by atoms with E-state index in [-0.39, 0.29) is 5.03 Å². The Bertz CT molecular complexity index is 990. The van der Waals surface area contributed by atoms with Crippen LogP contribution in [0.15, 0.2) is 14.6 Å². The van der Waals surface area contributed by atoms with Crippen molar-refractivity contribution in [2.45, 2.75) is 62.6 Å². The molecule has 0 amide bonds. The highest BCUT2D eigenvalue weighted by Crippen LogP contribution is 2.36. The number of H-pyrrole nitrogens is 2. The van der Waals surface area contributed by atoms with Gasteiger partial charge in [0.2, 0.25) is 0 Å². The molecule has 0 bridgehead atoms. The third-order valence-electron chi connectivity index (χ3n) is 3.86. The summed E-state index contributed by atoms with van der Waals surface area (Å²) in [6, 6.07) is 0. The second kappa shape index (κ2) is 10.9. The lowest BCUT2D eigenvalue weighted by molar-refractivity contribution is -0.237. The fourth-order valence-electron chi connectivity index (χ4n) is 2.81. The molecule has 0 aromatic carbocycles. The summed E-state index contributed by atoms with van der Waals surface area (Å²) in [4.78, 5) is 71.7. The van der Waals surface area contributed by atoms with Gasteiger partial charge in [-0.3, -0.25) is 29.0 Å². The summed E-state index contributed by atoms with van der Waals surface area (Å²) in [5.41, 5.74) is -2.94. The fourth-order valence-corrected chi connectivity index (χ4v) is 3.83. The van der Waals surface area contributed by atoms with Crippen molar-refractivity contribution in [2.24, 2.45) is 0 Å². The van der Waals surface area contributed by atoms with Gasteiger partial charge >= 0.3 is 29.6 Å². The lowest BCUT2D eigenvalue weighted by Gasteiger charge is -2.43. The van der Waals surface area contributed by atoms with Gasteiger partial charge in [0, 0.05) is 27.7 Å². The minimum absolute atomic E-state index is 0.259. The van der Waals surface area contributed by atoms with Crippen LogP contribution < -0.4 is 11.2 Å². The van der Waals surface area contributed by atoms with Crippen LogP contribution in [0.4, 0.5) is 0 Å². The zero-order valence-electron chi connectivity index (χ0n) is 17.4. The van der Waals surface area contributed by atoms with Crippen molar-refractivity contribution in [1.82, 2.24) is 15.2 Å². The first-order valence-corrected chi connectivity index (χ1v) is 10.0. The second-order valence-corrected chi connectivity index (χ2v) is 7.58. The van der Waals surface area contributed by atoms with Crippen molar-refractivity contribution in [3.63, 3.8) is 0 Å². The van der Waals surface area contributed by atoms with E-state index < -0.39 is 71.6 Å². The molecule has 1 aromatic rings. The van der Waals surface area contributed by atoms with Crippen LogP contribution in [0.5, 0.6) is 0 Å². The number of nitrogens with one attached hydrogen (secondary N) is 2. The summed E-state index contributed by atoms with van der Waals surface area (Å²) in [6.07, 6.45) is -5.24. The standard InChI is InChI=1S/C17H21N3O11S/c1-6(21)27-5-10-11(28-7(2)22)12(29-8(3)23)13(30-9(4)24)16(31-10)32-15-14(25)18-17(26)20-19-15/h10-13,16H,5H2,1-4H3,(H2,18,20,25,26)/t10-,11+,12-,13-,16-/m0/s1. The van der Waals surface area contributed by atoms with Crippen molar-refractivity contribution in [3.05, 3.63) is 20.8 Å². The largest absolute Gasteiger partial charge is 0.463 e. The van der Waals surface area contributed by atoms with Crippen LogP contribution in [0.1, 0.15) is 27.7 Å². The number of carbonyl (C=O) groups excluding carboxylic acids is 4. The van der Waals surface area contributed by atoms with Crippen LogP contribution in [0.25, 0.3) is 0 Å². The topological polar surface area (TPSA) is 193 Å². The molecular weight excluding hydrogens is 454 g/mol. The number of hydrogen-bond donors (Lipinski definition) is 2. The van der Waals surface area contributed by atoms with Crippen LogP contribution in [-0.2, 0) is 42.9 Å². The van der Waals surface area contributed by atoms with Crippen LogP contribution in [-0.4, -0.2) is 75.5 Å². The van der Waals surface area contributed by atoms with Crippen molar-refractivity contribution >= 4 is 35.6 Å². The predicted octanol–water partition coefficient (Wildman–Crippen LogP) is -1.37. The molecule has 176 valence electrons. The van der Waals surface area contributed by atoms with Gasteiger partial charge in [-0.15, -0.1) is 0 Å². The molecule has 0 spiro atoms. The van der Waals surface area contributed by atoms with Crippen LogP contribution in [0.2, 0.25) is 0 Å². The van der Waals surface area contributed by atoms with Crippen LogP contribution in [0, 0.1) is 0 Å². The van der Waals surface area contributed by atoms with Crippen LogP contribution in [0.3, 0.4) is 0 Å². The molecule has 1 fully saturated rings. The zero-order chi connectivity index (χ0) is 24.0. The molecule has 1 aromatic heterocycles. The number of aromatic nitrogens is 3. The lowest BCUT2D eigenvalue weighted by atomic mass is 9.99. The maximum Gasteiger partial charge on any atom is 0.342 e. The van der Waals surface area contributed by atoms with E-state index in [0.717, 1.165) is 27.7 Å². The van der Waals surface area contributed by atoms with Gasteiger partial charge in [-0.1, -0.05) is 11.8 Å². The first-order valence-electron chi connectivity index (χ1n) is 9.14. The normalized spacial score (nSPS) is 24.8. The molecule has 32 heavy (non-hydrogen) atoms. The molecule has 2 N–H and O–H groups in total. The van der Waals surface area contributed by atoms with E-state index in [9.17, 15) is 28.8 Å². The summed E-state index contributed by atoms with van der Waals surface area (Å²) < 4.78 is 26.6. The van der Waals surface area contributed by atoms with Gasteiger partial charge in [0.05, 0.1) is 0 Å². The van der Waals surface area contributed by atoms with E-state index in [1.807, 2.05) is 10.1 Å². The summed E-state index contributed by atoms with van der Waals surface area (Å²) in [7, 11) is 0. The number of aromatic amines is 2. The van der Waals surface area contributed by atoms with E-state index in [1.54, 1.807) is 0 Å². The number of carbonyl (C=O) groups is 4. The smallest absolute Gasteiger partial charge is 0.342 e. The van der Waals surface area contributed by atoms with Gasteiger partial charge in [0.25, 0.3) is 5.56 Å². The molecule has 15 heteroatoms. The second-order valence-electron chi connectivity index (χ2n) is 6.50. The van der Waals surface area contributed by atoms with E-state index in [4.69, 9.17) is 23.7 Å². The molecule has 0 saturated carbocycles. The molecule has 0 aliphatic carbocycles. The Balaban J connectivity index is 2.49. The number of thioether (sulfide) groups is 1. The minimum atomic E-state index is -1.38. The maximum atomic E-state index is 12.1. The Hall–Kier alpha value is -3.20. The molecule has 14 nitrogen and oxygen atoms in total. The Morgan fingerprint density at radius 3 is 2.00 bits per heavy atom. The number of nitrogens with zero attached hydrogens (tertiary/aromatic N) is 1.